The van der Waals surface area contributed by atoms with Gasteiger partial charge in [-0.15, -0.1) is 0 Å². The standard InChI is InChI=1S/C11H22N2S/c1-2-6-12-9-10(3-1)13-7-8-14-11-4-5-11/h10-13H,1-9H2. The van der Waals surface area contributed by atoms with Crippen LogP contribution in [0.3, 0.4) is 0 Å². The Morgan fingerprint density at radius 1 is 1.21 bits per heavy atom. The molecular weight excluding hydrogens is 192 g/mol. The average Bonchev–Trinajstić information content (AvgIpc) is 3.01. The van der Waals surface area contributed by atoms with Crippen molar-refractivity contribution in [1.29, 1.82) is 0 Å². The molecule has 0 aromatic rings. The van der Waals surface area contributed by atoms with Crippen LogP contribution in [-0.4, -0.2) is 36.7 Å². The minimum Gasteiger partial charge on any atom is -0.315 e. The molecule has 2 fully saturated rings. The van der Waals surface area contributed by atoms with E-state index in [1.54, 1.807) is 0 Å². The normalized spacial score (nSPS) is 28.7. The van der Waals surface area contributed by atoms with Crippen molar-refractivity contribution in [2.45, 2.75) is 43.4 Å². The molecule has 3 heteroatoms. The van der Waals surface area contributed by atoms with Crippen LogP contribution in [0.25, 0.3) is 0 Å². The Kier molecular flexibility index (Phi) is 4.61. The molecule has 0 spiro atoms. The van der Waals surface area contributed by atoms with Gasteiger partial charge in [-0.2, -0.15) is 11.8 Å². The van der Waals surface area contributed by atoms with Crippen LogP contribution in [0.2, 0.25) is 0 Å². The molecule has 0 aromatic carbocycles. The van der Waals surface area contributed by atoms with Crippen LogP contribution < -0.4 is 10.6 Å². The van der Waals surface area contributed by atoms with Crippen LogP contribution in [0.4, 0.5) is 0 Å². The number of hydrogen-bond acceptors (Lipinski definition) is 3. The molecular formula is C11H22N2S. The van der Waals surface area contributed by atoms with E-state index >= 15 is 0 Å². The maximum absolute atomic E-state index is 3.66. The molecule has 0 radical (unpaired) electrons. The number of rotatable bonds is 5. The molecule has 0 bridgehead atoms. The molecule has 0 aromatic heterocycles. The SMILES string of the molecule is C1CCC(NCCSC2CC2)CNC1. The third-order valence-electron chi connectivity index (χ3n) is 2.96. The first-order valence-electron chi connectivity index (χ1n) is 6.01. The highest BCUT2D eigenvalue weighted by Gasteiger charge is 2.21. The first kappa shape index (κ1) is 10.8. The van der Waals surface area contributed by atoms with E-state index in [0.717, 1.165) is 11.3 Å². The van der Waals surface area contributed by atoms with Crippen LogP contribution in [0.5, 0.6) is 0 Å². The molecule has 1 saturated carbocycles. The molecule has 2 N–H and O–H groups in total. The third-order valence-corrected chi connectivity index (χ3v) is 4.34. The summed E-state index contributed by atoms with van der Waals surface area (Å²) in [6.45, 7) is 3.59. The topological polar surface area (TPSA) is 24.1 Å². The van der Waals surface area contributed by atoms with Gasteiger partial charge in [-0.25, -0.2) is 0 Å². The van der Waals surface area contributed by atoms with Crippen molar-refractivity contribution in [2.24, 2.45) is 0 Å². The van der Waals surface area contributed by atoms with Crippen LogP contribution in [0.1, 0.15) is 32.1 Å². The van der Waals surface area contributed by atoms with Gasteiger partial charge in [-0.1, -0.05) is 6.42 Å². The predicted octanol–water partition coefficient (Wildman–Crippen LogP) is 1.61. The Morgan fingerprint density at radius 3 is 3.00 bits per heavy atom. The van der Waals surface area contributed by atoms with E-state index in [1.807, 2.05) is 0 Å². The van der Waals surface area contributed by atoms with Crippen LogP contribution in [0, 0.1) is 0 Å². The zero-order chi connectivity index (χ0) is 9.64. The lowest BCUT2D eigenvalue weighted by molar-refractivity contribution is 0.490. The van der Waals surface area contributed by atoms with Gasteiger partial charge < -0.3 is 10.6 Å². The molecule has 82 valence electrons. The van der Waals surface area contributed by atoms with Gasteiger partial charge in [0, 0.05) is 30.1 Å². The second-order valence-corrected chi connectivity index (χ2v) is 5.83. The van der Waals surface area contributed by atoms with Crippen LogP contribution >= 0.6 is 11.8 Å². The lowest BCUT2D eigenvalue weighted by Crippen LogP contribution is -2.38. The second-order valence-electron chi connectivity index (χ2n) is 4.42. The van der Waals surface area contributed by atoms with E-state index in [2.05, 4.69) is 22.4 Å². The third kappa shape index (κ3) is 4.20. The summed E-state index contributed by atoms with van der Waals surface area (Å²) in [6, 6.07) is 0.734. The maximum Gasteiger partial charge on any atom is 0.0192 e. The van der Waals surface area contributed by atoms with Gasteiger partial charge in [0.05, 0.1) is 0 Å². The monoisotopic (exact) mass is 214 g/mol. The van der Waals surface area contributed by atoms with Crippen molar-refractivity contribution >= 4 is 11.8 Å². The molecule has 0 amide bonds. The van der Waals surface area contributed by atoms with E-state index in [4.69, 9.17) is 0 Å². The zero-order valence-electron chi connectivity index (χ0n) is 8.93. The van der Waals surface area contributed by atoms with Gasteiger partial charge in [-0.3, -0.25) is 0 Å². The predicted molar refractivity (Wildman–Crippen MR) is 64.0 cm³/mol. The first-order valence-corrected chi connectivity index (χ1v) is 7.06. The summed E-state index contributed by atoms with van der Waals surface area (Å²) in [4.78, 5) is 0. The summed E-state index contributed by atoms with van der Waals surface area (Å²) >= 11 is 2.15. The molecule has 1 heterocycles. The van der Waals surface area contributed by atoms with E-state index in [9.17, 15) is 0 Å². The van der Waals surface area contributed by atoms with Gasteiger partial charge in [0.15, 0.2) is 0 Å². The van der Waals surface area contributed by atoms with E-state index in [-0.39, 0.29) is 0 Å². The number of nitrogens with one attached hydrogen (secondary N) is 2. The van der Waals surface area contributed by atoms with Crippen LogP contribution in [-0.2, 0) is 0 Å². The highest BCUT2D eigenvalue weighted by molar-refractivity contribution is 8.00. The van der Waals surface area contributed by atoms with Gasteiger partial charge in [0.1, 0.15) is 0 Å². The quantitative estimate of drug-likeness (QED) is 0.680. The summed E-state index contributed by atoms with van der Waals surface area (Å²) in [5.74, 6) is 1.31. The summed E-state index contributed by atoms with van der Waals surface area (Å²) in [6.07, 6.45) is 7.04. The van der Waals surface area contributed by atoms with Crippen molar-refractivity contribution in [3.63, 3.8) is 0 Å². The summed E-state index contributed by atoms with van der Waals surface area (Å²) in [7, 11) is 0. The number of hydrogen-bond donors (Lipinski definition) is 2. The Morgan fingerprint density at radius 2 is 2.14 bits per heavy atom. The lowest BCUT2D eigenvalue weighted by Gasteiger charge is -2.15. The molecule has 2 nitrogen and oxygen atoms in total. The zero-order valence-corrected chi connectivity index (χ0v) is 9.74. The van der Waals surface area contributed by atoms with E-state index < -0.39 is 0 Å². The summed E-state index contributed by atoms with van der Waals surface area (Å²) in [5, 5.41) is 8.17. The smallest absolute Gasteiger partial charge is 0.0192 e. The van der Waals surface area contributed by atoms with Crippen molar-refractivity contribution in [2.75, 3.05) is 25.4 Å². The first-order chi connectivity index (χ1) is 6.95. The van der Waals surface area contributed by atoms with Gasteiger partial charge in [-0.05, 0) is 32.2 Å². The van der Waals surface area contributed by atoms with Crippen LogP contribution in [0.15, 0.2) is 0 Å². The van der Waals surface area contributed by atoms with E-state index in [0.29, 0.717) is 0 Å². The lowest BCUT2D eigenvalue weighted by atomic mass is 10.1. The fourth-order valence-corrected chi connectivity index (χ4v) is 2.96. The highest BCUT2D eigenvalue weighted by Crippen LogP contribution is 2.33. The minimum absolute atomic E-state index is 0.734. The molecule has 1 aliphatic carbocycles. The Hall–Kier alpha value is 0.270. The fraction of sp³-hybridized carbons (Fsp3) is 1.00. The Balaban J connectivity index is 1.49. The summed E-state index contributed by atoms with van der Waals surface area (Å²) < 4.78 is 0. The van der Waals surface area contributed by atoms with Gasteiger partial charge >= 0.3 is 0 Å². The summed E-state index contributed by atoms with van der Waals surface area (Å²) in [5.41, 5.74) is 0. The molecule has 2 rings (SSSR count). The van der Waals surface area contributed by atoms with Gasteiger partial charge in [0.25, 0.3) is 0 Å². The maximum atomic E-state index is 3.66. The molecule has 1 aliphatic heterocycles. The fourth-order valence-electron chi connectivity index (χ4n) is 1.92. The second kappa shape index (κ2) is 5.99. The molecule has 1 atom stereocenters. The highest BCUT2D eigenvalue weighted by atomic mass is 32.2. The number of thioether (sulfide) groups is 1. The minimum atomic E-state index is 0.734. The molecule has 14 heavy (non-hydrogen) atoms. The molecule has 2 aliphatic rings. The molecule has 1 saturated heterocycles. The van der Waals surface area contributed by atoms with Crippen molar-refractivity contribution < 1.29 is 0 Å². The molecule has 1 unspecified atom stereocenters. The van der Waals surface area contributed by atoms with Crippen molar-refractivity contribution in [1.82, 2.24) is 10.6 Å². The van der Waals surface area contributed by atoms with Gasteiger partial charge in [0.2, 0.25) is 0 Å². The van der Waals surface area contributed by atoms with E-state index in [1.165, 1.54) is 57.5 Å². The Labute approximate surface area is 91.6 Å². The Bertz CT molecular complexity index is 151. The van der Waals surface area contributed by atoms with Crippen molar-refractivity contribution in [3.05, 3.63) is 0 Å². The van der Waals surface area contributed by atoms with Crippen molar-refractivity contribution in [3.8, 4) is 0 Å². The average molecular weight is 214 g/mol. The largest absolute Gasteiger partial charge is 0.315 e.